The Bertz CT molecular complexity index is 592. The van der Waals surface area contributed by atoms with E-state index in [1.165, 1.54) is 12.5 Å². The number of hydrogen-bond donors (Lipinski definition) is 2. The SMILES string of the molecule is Cl.NCC(NC(=O)CCC(=O)c1ccc(F)c(F)c1)C1CCCCC1. The minimum Gasteiger partial charge on any atom is -0.352 e. The third-order valence-corrected chi connectivity index (χ3v) is 4.64. The number of nitrogens with two attached hydrogens (primary N) is 1. The van der Waals surface area contributed by atoms with Crippen LogP contribution in [0.25, 0.3) is 0 Å². The van der Waals surface area contributed by atoms with Gasteiger partial charge in [0.05, 0.1) is 0 Å². The Labute approximate surface area is 153 Å². The monoisotopic (exact) mass is 374 g/mol. The normalized spacial score (nSPS) is 16.0. The van der Waals surface area contributed by atoms with Crippen molar-refractivity contribution < 1.29 is 18.4 Å². The molecule has 25 heavy (non-hydrogen) atoms. The molecule has 1 aliphatic rings. The number of carbonyl (C=O) groups excluding carboxylic acids is 2. The maximum absolute atomic E-state index is 13.1. The molecule has 0 bridgehead atoms. The number of hydrogen-bond acceptors (Lipinski definition) is 3. The van der Waals surface area contributed by atoms with Crippen molar-refractivity contribution in [3.8, 4) is 0 Å². The van der Waals surface area contributed by atoms with Gasteiger partial charge in [0, 0.05) is 31.0 Å². The second-order valence-corrected chi connectivity index (χ2v) is 6.36. The molecule has 0 aliphatic heterocycles. The van der Waals surface area contributed by atoms with Gasteiger partial charge in [-0.3, -0.25) is 9.59 Å². The highest BCUT2D eigenvalue weighted by atomic mass is 35.5. The minimum atomic E-state index is -1.06. The smallest absolute Gasteiger partial charge is 0.220 e. The molecule has 1 saturated carbocycles. The molecule has 0 spiro atoms. The zero-order valence-corrected chi connectivity index (χ0v) is 14.9. The van der Waals surface area contributed by atoms with Crippen LogP contribution in [0.3, 0.4) is 0 Å². The van der Waals surface area contributed by atoms with E-state index in [-0.39, 0.29) is 48.5 Å². The molecule has 1 amide bonds. The van der Waals surface area contributed by atoms with Crippen LogP contribution in [0.15, 0.2) is 18.2 Å². The lowest BCUT2D eigenvalue weighted by Crippen LogP contribution is -2.45. The number of Topliss-reactive ketones (excluding diaryl/α,β-unsaturated/α-hetero) is 1. The molecule has 0 heterocycles. The van der Waals surface area contributed by atoms with Gasteiger partial charge in [-0.05, 0) is 37.0 Å². The van der Waals surface area contributed by atoms with E-state index < -0.39 is 11.6 Å². The van der Waals surface area contributed by atoms with Gasteiger partial charge in [0.15, 0.2) is 17.4 Å². The van der Waals surface area contributed by atoms with Crippen molar-refractivity contribution in [2.45, 2.75) is 51.0 Å². The molecule has 140 valence electrons. The van der Waals surface area contributed by atoms with Crippen LogP contribution in [-0.2, 0) is 4.79 Å². The molecule has 1 aromatic carbocycles. The van der Waals surface area contributed by atoms with Gasteiger partial charge in [-0.15, -0.1) is 12.4 Å². The number of ketones is 1. The Morgan fingerprint density at radius 1 is 1.12 bits per heavy atom. The first-order valence-corrected chi connectivity index (χ1v) is 8.49. The quantitative estimate of drug-likeness (QED) is 0.719. The van der Waals surface area contributed by atoms with Crippen molar-refractivity contribution in [3.63, 3.8) is 0 Å². The first-order chi connectivity index (χ1) is 11.5. The third-order valence-electron chi connectivity index (χ3n) is 4.64. The van der Waals surface area contributed by atoms with Crippen LogP contribution in [0.2, 0.25) is 0 Å². The van der Waals surface area contributed by atoms with Crippen molar-refractivity contribution in [2.75, 3.05) is 6.54 Å². The molecule has 1 atom stereocenters. The van der Waals surface area contributed by atoms with Crippen molar-refractivity contribution in [3.05, 3.63) is 35.4 Å². The van der Waals surface area contributed by atoms with E-state index in [2.05, 4.69) is 5.32 Å². The summed E-state index contributed by atoms with van der Waals surface area (Å²) >= 11 is 0. The minimum absolute atomic E-state index is 0. The molecular formula is C18H25ClF2N2O2. The van der Waals surface area contributed by atoms with Gasteiger partial charge in [0.25, 0.3) is 0 Å². The summed E-state index contributed by atoms with van der Waals surface area (Å²) in [5.74, 6) is -2.28. The summed E-state index contributed by atoms with van der Waals surface area (Å²) in [6, 6.07) is 2.94. The number of rotatable bonds is 7. The summed E-state index contributed by atoms with van der Waals surface area (Å²) in [4.78, 5) is 24.0. The topological polar surface area (TPSA) is 72.2 Å². The molecule has 1 fully saturated rings. The fourth-order valence-electron chi connectivity index (χ4n) is 3.23. The Hall–Kier alpha value is -1.53. The number of benzene rings is 1. The zero-order chi connectivity index (χ0) is 17.5. The Balaban J connectivity index is 0.00000312. The Morgan fingerprint density at radius 2 is 1.80 bits per heavy atom. The van der Waals surface area contributed by atoms with Crippen molar-refractivity contribution in [1.82, 2.24) is 5.32 Å². The van der Waals surface area contributed by atoms with Crippen molar-refractivity contribution in [2.24, 2.45) is 11.7 Å². The number of halogens is 3. The van der Waals surface area contributed by atoms with Gasteiger partial charge in [0.2, 0.25) is 5.91 Å². The second kappa shape index (κ2) is 10.5. The summed E-state index contributed by atoms with van der Waals surface area (Å²) < 4.78 is 26.0. The molecule has 3 N–H and O–H groups in total. The van der Waals surface area contributed by atoms with Crippen LogP contribution in [0.1, 0.15) is 55.3 Å². The van der Waals surface area contributed by atoms with Gasteiger partial charge in [-0.25, -0.2) is 8.78 Å². The van der Waals surface area contributed by atoms with E-state index in [0.717, 1.165) is 37.8 Å². The van der Waals surface area contributed by atoms with Crippen LogP contribution >= 0.6 is 12.4 Å². The summed E-state index contributed by atoms with van der Waals surface area (Å²) in [7, 11) is 0. The summed E-state index contributed by atoms with van der Waals surface area (Å²) in [6.45, 7) is 0.382. The maximum Gasteiger partial charge on any atom is 0.220 e. The van der Waals surface area contributed by atoms with E-state index in [1.807, 2.05) is 0 Å². The molecule has 0 radical (unpaired) electrons. The lowest BCUT2D eigenvalue weighted by Gasteiger charge is -2.30. The predicted molar refractivity (Wildman–Crippen MR) is 94.7 cm³/mol. The molecular weight excluding hydrogens is 350 g/mol. The van der Waals surface area contributed by atoms with Crippen LogP contribution < -0.4 is 11.1 Å². The van der Waals surface area contributed by atoms with Crippen molar-refractivity contribution >= 4 is 24.1 Å². The number of carbonyl (C=O) groups is 2. The fraction of sp³-hybridized carbons (Fsp3) is 0.556. The molecule has 0 aromatic heterocycles. The summed E-state index contributed by atoms with van der Waals surface area (Å²) in [5, 5.41) is 2.91. The lowest BCUT2D eigenvalue weighted by molar-refractivity contribution is -0.122. The largest absolute Gasteiger partial charge is 0.352 e. The third kappa shape index (κ3) is 6.36. The lowest BCUT2D eigenvalue weighted by atomic mass is 9.84. The van der Waals surface area contributed by atoms with Gasteiger partial charge in [0.1, 0.15) is 0 Å². The van der Waals surface area contributed by atoms with Gasteiger partial charge >= 0.3 is 0 Å². The zero-order valence-electron chi connectivity index (χ0n) is 14.1. The molecule has 0 saturated heterocycles. The summed E-state index contributed by atoms with van der Waals surface area (Å²) in [5.41, 5.74) is 5.84. The Kier molecular flexibility index (Phi) is 9.00. The average Bonchev–Trinajstić information content (AvgIpc) is 2.60. The van der Waals surface area contributed by atoms with E-state index >= 15 is 0 Å². The highest BCUT2D eigenvalue weighted by molar-refractivity contribution is 5.97. The second-order valence-electron chi connectivity index (χ2n) is 6.36. The van der Waals surface area contributed by atoms with Crippen LogP contribution in [0.4, 0.5) is 8.78 Å². The van der Waals surface area contributed by atoms with Gasteiger partial charge < -0.3 is 11.1 Å². The molecule has 2 rings (SSSR count). The standard InChI is InChI=1S/C18H24F2N2O2.ClH/c19-14-7-6-13(10-15(14)20)17(23)8-9-18(24)22-16(11-21)12-4-2-1-3-5-12;/h6-7,10,12,16H,1-5,8-9,11,21H2,(H,22,24);1H. The highest BCUT2D eigenvalue weighted by Crippen LogP contribution is 2.26. The van der Waals surface area contributed by atoms with E-state index in [4.69, 9.17) is 5.73 Å². The van der Waals surface area contributed by atoms with E-state index in [9.17, 15) is 18.4 Å². The predicted octanol–water partition coefficient (Wildman–Crippen LogP) is 3.37. The molecule has 7 heteroatoms. The van der Waals surface area contributed by atoms with Crippen LogP contribution in [0, 0.1) is 17.6 Å². The van der Waals surface area contributed by atoms with Crippen LogP contribution in [0.5, 0.6) is 0 Å². The van der Waals surface area contributed by atoms with E-state index in [1.54, 1.807) is 0 Å². The molecule has 1 unspecified atom stereocenters. The number of amides is 1. The first-order valence-electron chi connectivity index (χ1n) is 8.49. The van der Waals surface area contributed by atoms with Gasteiger partial charge in [-0.2, -0.15) is 0 Å². The highest BCUT2D eigenvalue weighted by Gasteiger charge is 2.24. The molecule has 1 aromatic rings. The fourth-order valence-corrected chi connectivity index (χ4v) is 3.23. The van der Waals surface area contributed by atoms with Crippen LogP contribution in [-0.4, -0.2) is 24.3 Å². The number of nitrogens with one attached hydrogen (secondary N) is 1. The van der Waals surface area contributed by atoms with Gasteiger partial charge in [-0.1, -0.05) is 19.3 Å². The summed E-state index contributed by atoms with van der Waals surface area (Å²) in [6.07, 6.45) is 5.65. The molecule has 1 aliphatic carbocycles. The molecule has 4 nitrogen and oxygen atoms in total. The van der Waals surface area contributed by atoms with E-state index in [0.29, 0.717) is 12.5 Å². The van der Waals surface area contributed by atoms with Crippen molar-refractivity contribution in [1.29, 1.82) is 0 Å². The first kappa shape index (κ1) is 21.5. The Morgan fingerprint density at radius 3 is 2.40 bits per heavy atom. The maximum atomic E-state index is 13.1. The average molecular weight is 375 g/mol.